The van der Waals surface area contributed by atoms with Gasteiger partial charge in [-0.2, -0.15) is 0 Å². The van der Waals surface area contributed by atoms with Gasteiger partial charge >= 0.3 is 0 Å². The summed E-state index contributed by atoms with van der Waals surface area (Å²) in [6.07, 6.45) is 1.18. The van der Waals surface area contributed by atoms with Gasteiger partial charge in [-0.05, 0) is 29.9 Å². The molecule has 19 heavy (non-hydrogen) atoms. The topological polar surface area (TPSA) is 74.7 Å². The number of oxime groups is 1. The zero-order valence-electron chi connectivity index (χ0n) is 11.8. The van der Waals surface area contributed by atoms with Crippen molar-refractivity contribution in [1.29, 1.82) is 0 Å². The fourth-order valence-electron chi connectivity index (χ4n) is 2.47. The SMILES string of the molecule is CC(C)(C)C1CCN(c2cccc(/C(N)=N/O)n2)C1. The van der Waals surface area contributed by atoms with Gasteiger partial charge in [0, 0.05) is 13.1 Å². The van der Waals surface area contributed by atoms with E-state index in [9.17, 15) is 0 Å². The number of amidine groups is 1. The third kappa shape index (κ3) is 2.97. The second kappa shape index (κ2) is 5.07. The Morgan fingerprint density at radius 3 is 2.79 bits per heavy atom. The molecule has 0 aromatic carbocycles. The third-order valence-corrected chi connectivity index (χ3v) is 3.84. The van der Waals surface area contributed by atoms with Gasteiger partial charge in [0.2, 0.25) is 0 Å². The fourth-order valence-corrected chi connectivity index (χ4v) is 2.47. The van der Waals surface area contributed by atoms with E-state index in [-0.39, 0.29) is 5.84 Å². The third-order valence-electron chi connectivity index (χ3n) is 3.84. The molecule has 1 aromatic rings. The number of aromatic nitrogens is 1. The molecule has 104 valence electrons. The van der Waals surface area contributed by atoms with E-state index in [0.717, 1.165) is 18.9 Å². The van der Waals surface area contributed by atoms with Crippen LogP contribution in [0.2, 0.25) is 0 Å². The molecule has 5 heteroatoms. The first kappa shape index (κ1) is 13.6. The summed E-state index contributed by atoms with van der Waals surface area (Å²) in [5, 5.41) is 11.7. The molecule has 2 rings (SSSR count). The molecule has 1 fully saturated rings. The summed E-state index contributed by atoms with van der Waals surface area (Å²) in [6.45, 7) is 8.86. The van der Waals surface area contributed by atoms with Crippen molar-refractivity contribution in [1.82, 2.24) is 4.98 Å². The summed E-state index contributed by atoms with van der Waals surface area (Å²) in [5.41, 5.74) is 6.41. The van der Waals surface area contributed by atoms with E-state index in [1.807, 2.05) is 12.1 Å². The first-order valence-corrected chi connectivity index (χ1v) is 6.61. The predicted molar refractivity (Wildman–Crippen MR) is 76.5 cm³/mol. The highest BCUT2D eigenvalue weighted by atomic mass is 16.4. The lowest BCUT2D eigenvalue weighted by molar-refractivity contribution is 0.263. The summed E-state index contributed by atoms with van der Waals surface area (Å²) in [5.74, 6) is 1.62. The van der Waals surface area contributed by atoms with E-state index >= 15 is 0 Å². The Kier molecular flexibility index (Phi) is 3.64. The summed E-state index contributed by atoms with van der Waals surface area (Å²) < 4.78 is 0. The van der Waals surface area contributed by atoms with Crippen molar-refractivity contribution in [2.45, 2.75) is 27.2 Å². The van der Waals surface area contributed by atoms with Gasteiger partial charge in [0.15, 0.2) is 5.84 Å². The van der Waals surface area contributed by atoms with Crippen molar-refractivity contribution >= 4 is 11.7 Å². The van der Waals surface area contributed by atoms with Gasteiger partial charge in [0.25, 0.3) is 0 Å². The van der Waals surface area contributed by atoms with Crippen molar-refractivity contribution in [2.75, 3.05) is 18.0 Å². The van der Waals surface area contributed by atoms with Crippen molar-refractivity contribution in [3.63, 3.8) is 0 Å². The summed E-state index contributed by atoms with van der Waals surface area (Å²) in [6, 6.07) is 5.61. The Morgan fingerprint density at radius 1 is 1.47 bits per heavy atom. The monoisotopic (exact) mass is 262 g/mol. The van der Waals surface area contributed by atoms with Crippen LogP contribution in [0.1, 0.15) is 32.9 Å². The van der Waals surface area contributed by atoms with Gasteiger partial charge in [-0.25, -0.2) is 4.98 Å². The van der Waals surface area contributed by atoms with Crippen LogP contribution in [0.5, 0.6) is 0 Å². The molecule has 1 aliphatic rings. The van der Waals surface area contributed by atoms with E-state index in [1.165, 1.54) is 6.42 Å². The summed E-state index contributed by atoms with van der Waals surface area (Å²) >= 11 is 0. The zero-order chi connectivity index (χ0) is 14.0. The number of hydrogen-bond donors (Lipinski definition) is 2. The standard InChI is InChI=1S/C14H22N4O/c1-14(2,3)10-7-8-18(9-10)12-6-4-5-11(16-12)13(15)17-19/h4-6,10,19H,7-9H2,1-3H3,(H2,15,17). The number of anilines is 1. The molecule has 1 atom stereocenters. The number of rotatable bonds is 2. The van der Waals surface area contributed by atoms with Gasteiger partial charge in [-0.1, -0.05) is 32.0 Å². The van der Waals surface area contributed by atoms with E-state index < -0.39 is 0 Å². The van der Waals surface area contributed by atoms with Crippen LogP contribution in [-0.2, 0) is 0 Å². The second-order valence-electron chi connectivity index (χ2n) is 6.16. The first-order chi connectivity index (χ1) is 8.91. The lowest BCUT2D eigenvalue weighted by Gasteiger charge is -2.27. The molecule has 1 aliphatic heterocycles. The van der Waals surface area contributed by atoms with Crippen LogP contribution in [0.15, 0.2) is 23.4 Å². The molecule has 1 saturated heterocycles. The average molecular weight is 262 g/mol. The minimum absolute atomic E-state index is 0.0495. The zero-order valence-corrected chi connectivity index (χ0v) is 11.8. The van der Waals surface area contributed by atoms with Gasteiger partial charge in [0.1, 0.15) is 11.5 Å². The van der Waals surface area contributed by atoms with Crippen LogP contribution < -0.4 is 10.6 Å². The Labute approximate surface area is 114 Å². The number of pyridine rings is 1. The average Bonchev–Trinajstić information content (AvgIpc) is 2.87. The number of nitrogens with two attached hydrogens (primary N) is 1. The molecule has 5 nitrogen and oxygen atoms in total. The van der Waals surface area contributed by atoms with Crippen LogP contribution in [-0.4, -0.2) is 29.1 Å². The summed E-state index contributed by atoms with van der Waals surface area (Å²) in [7, 11) is 0. The van der Waals surface area contributed by atoms with Crippen molar-refractivity contribution < 1.29 is 5.21 Å². The number of nitrogens with zero attached hydrogens (tertiary/aromatic N) is 3. The van der Waals surface area contributed by atoms with Crippen LogP contribution in [0, 0.1) is 11.3 Å². The van der Waals surface area contributed by atoms with Crippen LogP contribution >= 0.6 is 0 Å². The summed E-state index contributed by atoms with van der Waals surface area (Å²) in [4.78, 5) is 6.72. The maximum atomic E-state index is 8.70. The van der Waals surface area contributed by atoms with E-state index in [2.05, 4.69) is 35.8 Å². The molecule has 1 aromatic heterocycles. The second-order valence-corrected chi connectivity index (χ2v) is 6.16. The molecular weight excluding hydrogens is 240 g/mol. The molecule has 0 bridgehead atoms. The molecular formula is C14H22N4O. The molecule has 0 saturated carbocycles. The highest BCUT2D eigenvalue weighted by molar-refractivity contribution is 5.95. The van der Waals surface area contributed by atoms with Crippen molar-refractivity contribution in [3.05, 3.63) is 23.9 Å². The van der Waals surface area contributed by atoms with Crippen molar-refractivity contribution in [2.24, 2.45) is 22.2 Å². The molecule has 3 N–H and O–H groups in total. The lowest BCUT2D eigenvalue weighted by Crippen LogP contribution is -2.27. The van der Waals surface area contributed by atoms with Crippen LogP contribution in [0.3, 0.4) is 0 Å². The largest absolute Gasteiger partial charge is 0.409 e. The van der Waals surface area contributed by atoms with E-state index in [1.54, 1.807) is 6.07 Å². The number of hydrogen-bond acceptors (Lipinski definition) is 4. The van der Waals surface area contributed by atoms with Gasteiger partial charge in [-0.15, -0.1) is 0 Å². The van der Waals surface area contributed by atoms with Crippen LogP contribution in [0.4, 0.5) is 5.82 Å². The maximum absolute atomic E-state index is 8.70. The maximum Gasteiger partial charge on any atom is 0.188 e. The van der Waals surface area contributed by atoms with Crippen molar-refractivity contribution in [3.8, 4) is 0 Å². The van der Waals surface area contributed by atoms with Crippen LogP contribution in [0.25, 0.3) is 0 Å². The molecule has 0 amide bonds. The smallest absolute Gasteiger partial charge is 0.188 e. The normalized spacial score (nSPS) is 20.9. The van der Waals surface area contributed by atoms with Gasteiger partial charge in [0.05, 0.1) is 0 Å². The molecule has 0 radical (unpaired) electrons. The Bertz CT molecular complexity index is 479. The molecule has 1 unspecified atom stereocenters. The molecule has 0 aliphatic carbocycles. The van der Waals surface area contributed by atoms with E-state index in [4.69, 9.17) is 10.9 Å². The van der Waals surface area contributed by atoms with Gasteiger partial charge < -0.3 is 15.8 Å². The first-order valence-electron chi connectivity index (χ1n) is 6.61. The lowest BCUT2D eigenvalue weighted by atomic mass is 9.80. The van der Waals surface area contributed by atoms with Gasteiger partial charge in [-0.3, -0.25) is 0 Å². The minimum Gasteiger partial charge on any atom is -0.409 e. The quantitative estimate of drug-likeness (QED) is 0.370. The minimum atomic E-state index is 0.0495. The Hall–Kier alpha value is -1.78. The fraction of sp³-hybridized carbons (Fsp3) is 0.571. The van der Waals surface area contributed by atoms with E-state index in [0.29, 0.717) is 17.0 Å². The molecule has 2 heterocycles. The Balaban J connectivity index is 2.16. The Morgan fingerprint density at radius 2 is 2.21 bits per heavy atom. The highest BCUT2D eigenvalue weighted by Gasteiger charge is 2.32. The predicted octanol–water partition coefficient (Wildman–Crippen LogP) is 2.05. The highest BCUT2D eigenvalue weighted by Crippen LogP contribution is 2.35. The molecule has 0 spiro atoms.